The molecule has 1 aromatic rings. The van der Waals surface area contributed by atoms with Crippen molar-refractivity contribution in [2.75, 3.05) is 5.88 Å². The van der Waals surface area contributed by atoms with Crippen molar-refractivity contribution in [3.63, 3.8) is 0 Å². The molecule has 0 N–H and O–H groups in total. The molecule has 0 bridgehead atoms. The van der Waals surface area contributed by atoms with Gasteiger partial charge in [0.15, 0.2) is 0 Å². The second kappa shape index (κ2) is 3.14. The molecule has 1 aromatic carbocycles. The Labute approximate surface area is 107 Å². The maximum atomic E-state index is 4.67. The first kappa shape index (κ1) is 11.3. The fourth-order valence-corrected chi connectivity index (χ4v) is 4.97. The van der Waals surface area contributed by atoms with Gasteiger partial charge in [0.05, 0.1) is 0 Å². The van der Waals surface area contributed by atoms with Gasteiger partial charge in [-0.1, -0.05) is 52.0 Å². The van der Waals surface area contributed by atoms with Gasteiger partial charge >= 0.3 is 0 Å². The van der Waals surface area contributed by atoms with E-state index in [0.29, 0.717) is 0 Å². The van der Waals surface area contributed by atoms with Crippen LogP contribution in [-0.4, -0.2) is 10.7 Å². The average molecular weight is 246 g/mol. The number of fused-ring (bicyclic) bond motifs is 1. The zero-order valence-corrected chi connectivity index (χ0v) is 11.6. The lowest BCUT2D eigenvalue weighted by molar-refractivity contribution is 0.289. The van der Waals surface area contributed by atoms with E-state index in [1.807, 2.05) is 11.8 Å². The quantitative estimate of drug-likeness (QED) is 0.676. The molecule has 2 nitrogen and oxygen atoms in total. The number of nitrogens with zero attached hydrogens (tertiary/aromatic N) is 2. The van der Waals surface area contributed by atoms with E-state index in [9.17, 15) is 0 Å². The van der Waals surface area contributed by atoms with Crippen molar-refractivity contribution in [1.29, 1.82) is 0 Å². The molecule has 0 atom stereocenters. The highest BCUT2D eigenvalue weighted by atomic mass is 32.2. The number of hydrogen-bond donors (Lipinski definition) is 0. The number of hydrogen-bond acceptors (Lipinski definition) is 3. The lowest BCUT2D eigenvalue weighted by Crippen LogP contribution is -2.48. The summed E-state index contributed by atoms with van der Waals surface area (Å²) in [7, 11) is 0. The van der Waals surface area contributed by atoms with Gasteiger partial charge in [-0.25, -0.2) is 0 Å². The van der Waals surface area contributed by atoms with Crippen molar-refractivity contribution in [2.24, 2.45) is 10.2 Å². The molecule has 0 amide bonds. The Morgan fingerprint density at radius 2 is 1.53 bits per heavy atom. The molecule has 3 rings (SSSR count). The molecule has 0 saturated carbocycles. The molecule has 0 radical (unpaired) electrons. The minimum absolute atomic E-state index is 0.0394. The van der Waals surface area contributed by atoms with Gasteiger partial charge < -0.3 is 0 Å². The summed E-state index contributed by atoms with van der Waals surface area (Å²) in [6.45, 7) is 9.21. The zero-order valence-electron chi connectivity index (χ0n) is 10.8. The molecule has 0 fully saturated rings. The minimum Gasteiger partial charge on any atom is -0.182 e. The van der Waals surface area contributed by atoms with E-state index in [4.69, 9.17) is 0 Å². The lowest BCUT2D eigenvalue weighted by atomic mass is 9.75. The van der Waals surface area contributed by atoms with Crippen LogP contribution in [0.5, 0.6) is 0 Å². The summed E-state index contributed by atoms with van der Waals surface area (Å²) in [5.41, 5.74) is 2.94. The first-order valence-corrected chi connectivity index (χ1v) is 7.05. The number of azo groups is 1. The van der Waals surface area contributed by atoms with E-state index in [1.165, 1.54) is 11.1 Å². The normalized spacial score (nSPS) is 26.4. The van der Waals surface area contributed by atoms with Crippen molar-refractivity contribution in [1.82, 2.24) is 0 Å². The van der Waals surface area contributed by atoms with Crippen LogP contribution in [0.2, 0.25) is 0 Å². The molecule has 0 saturated heterocycles. The third-order valence-electron chi connectivity index (χ3n) is 4.51. The Morgan fingerprint density at radius 3 is 1.94 bits per heavy atom. The van der Waals surface area contributed by atoms with Crippen LogP contribution in [0.15, 0.2) is 34.5 Å². The lowest BCUT2D eigenvalue weighted by Gasteiger charge is -2.42. The van der Waals surface area contributed by atoms with Crippen molar-refractivity contribution in [3.8, 4) is 0 Å². The SMILES string of the molecule is CC1(C)c2ccccc2C(C)(C)C12N=NCS2. The Kier molecular flexibility index (Phi) is 2.08. The van der Waals surface area contributed by atoms with E-state index >= 15 is 0 Å². The highest BCUT2D eigenvalue weighted by Gasteiger charge is 2.65. The van der Waals surface area contributed by atoms with Crippen LogP contribution < -0.4 is 0 Å². The first-order chi connectivity index (χ1) is 7.93. The molecule has 1 spiro atoms. The summed E-state index contributed by atoms with van der Waals surface area (Å²) in [6.07, 6.45) is 0. The number of rotatable bonds is 0. The van der Waals surface area contributed by atoms with Crippen molar-refractivity contribution in [2.45, 2.75) is 43.4 Å². The molecule has 90 valence electrons. The van der Waals surface area contributed by atoms with Gasteiger partial charge in [0.1, 0.15) is 10.7 Å². The molecule has 1 heterocycles. The van der Waals surface area contributed by atoms with Gasteiger partial charge in [-0.05, 0) is 11.1 Å². The predicted octanol–water partition coefficient (Wildman–Crippen LogP) is 4.11. The van der Waals surface area contributed by atoms with Crippen molar-refractivity contribution >= 4 is 11.8 Å². The highest BCUT2D eigenvalue weighted by molar-refractivity contribution is 8.00. The Bertz CT molecular complexity index is 468. The second-order valence-corrected chi connectivity index (χ2v) is 7.09. The molecule has 1 aliphatic carbocycles. The third kappa shape index (κ3) is 1.09. The fraction of sp³-hybridized carbons (Fsp3) is 0.571. The van der Waals surface area contributed by atoms with E-state index < -0.39 is 0 Å². The van der Waals surface area contributed by atoms with Crippen molar-refractivity contribution < 1.29 is 0 Å². The Morgan fingerprint density at radius 1 is 1.00 bits per heavy atom. The van der Waals surface area contributed by atoms with Gasteiger partial charge in [0.25, 0.3) is 0 Å². The van der Waals surface area contributed by atoms with Gasteiger partial charge in [-0.3, -0.25) is 0 Å². The predicted molar refractivity (Wildman–Crippen MR) is 72.5 cm³/mol. The maximum absolute atomic E-state index is 4.67. The van der Waals surface area contributed by atoms with Crippen LogP contribution in [-0.2, 0) is 10.8 Å². The topological polar surface area (TPSA) is 24.7 Å². The van der Waals surface area contributed by atoms with Gasteiger partial charge in [0, 0.05) is 10.8 Å². The van der Waals surface area contributed by atoms with Crippen LogP contribution in [0, 0.1) is 0 Å². The summed E-state index contributed by atoms with van der Waals surface area (Å²) >= 11 is 1.89. The second-order valence-electron chi connectivity index (χ2n) is 5.95. The fourth-order valence-electron chi connectivity index (χ4n) is 3.61. The smallest absolute Gasteiger partial charge is 0.146 e. The van der Waals surface area contributed by atoms with Gasteiger partial charge in [-0.2, -0.15) is 10.2 Å². The molecular weight excluding hydrogens is 228 g/mol. The zero-order chi connectivity index (χ0) is 12.3. The molecule has 1 aliphatic heterocycles. The van der Waals surface area contributed by atoms with E-state index in [0.717, 1.165) is 5.88 Å². The summed E-state index contributed by atoms with van der Waals surface area (Å²) in [4.78, 5) is -0.135. The standard InChI is InChI=1S/C14H18N2S/c1-12(2)10-7-5-6-8-11(10)13(3,4)14(12)16-15-9-17-14/h5-8H,9H2,1-4H3. The van der Waals surface area contributed by atoms with Crippen LogP contribution in [0.3, 0.4) is 0 Å². The number of thioether (sulfide) groups is 1. The van der Waals surface area contributed by atoms with E-state index in [-0.39, 0.29) is 15.7 Å². The number of benzene rings is 1. The Hall–Kier alpha value is -0.830. The third-order valence-corrected chi connectivity index (χ3v) is 6.28. The van der Waals surface area contributed by atoms with Crippen LogP contribution in [0.25, 0.3) is 0 Å². The summed E-state index contributed by atoms with van der Waals surface area (Å²) in [5.74, 6) is 0.793. The van der Waals surface area contributed by atoms with Crippen LogP contribution >= 0.6 is 11.8 Å². The van der Waals surface area contributed by atoms with Gasteiger partial charge in [-0.15, -0.1) is 11.8 Å². The summed E-state index contributed by atoms with van der Waals surface area (Å²) in [5, 5.41) is 8.96. The minimum atomic E-state index is -0.135. The van der Waals surface area contributed by atoms with Crippen LogP contribution in [0.4, 0.5) is 0 Å². The van der Waals surface area contributed by atoms with Crippen LogP contribution in [0.1, 0.15) is 38.8 Å². The average Bonchev–Trinajstić information content (AvgIpc) is 2.83. The summed E-state index contributed by atoms with van der Waals surface area (Å²) < 4.78 is 0. The summed E-state index contributed by atoms with van der Waals surface area (Å²) in [6, 6.07) is 8.76. The maximum Gasteiger partial charge on any atom is 0.146 e. The molecular formula is C14H18N2S. The van der Waals surface area contributed by atoms with Crippen molar-refractivity contribution in [3.05, 3.63) is 35.4 Å². The Balaban J connectivity index is 2.33. The highest BCUT2D eigenvalue weighted by Crippen LogP contribution is 2.64. The molecule has 0 unspecified atom stereocenters. The molecule has 3 heteroatoms. The van der Waals surface area contributed by atoms with Gasteiger partial charge in [0.2, 0.25) is 0 Å². The largest absolute Gasteiger partial charge is 0.182 e. The molecule has 17 heavy (non-hydrogen) atoms. The molecule has 0 aromatic heterocycles. The van der Waals surface area contributed by atoms with E-state index in [2.05, 4.69) is 62.2 Å². The first-order valence-electron chi connectivity index (χ1n) is 6.06. The monoisotopic (exact) mass is 246 g/mol. The van der Waals surface area contributed by atoms with E-state index in [1.54, 1.807) is 0 Å². The molecule has 2 aliphatic rings.